The highest BCUT2D eigenvalue weighted by atomic mass is 16.5. The van der Waals surface area contributed by atoms with Gasteiger partial charge in [0.05, 0.1) is 0 Å². The van der Waals surface area contributed by atoms with E-state index >= 15 is 0 Å². The standard InChI is InChI=1S/C16H15NO/c1-14-7-5-11-16(13-14)17(18)12-6-10-15-8-3-2-4-9-15/h2-13H,1H3/b10-6+,17-12-. The molecule has 0 aromatic heterocycles. The zero-order valence-corrected chi connectivity index (χ0v) is 10.3. The Hall–Kier alpha value is -2.35. The van der Waals surface area contributed by atoms with Crippen molar-refractivity contribution in [2.45, 2.75) is 6.92 Å². The summed E-state index contributed by atoms with van der Waals surface area (Å²) in [5.74, 6) is 0. The Labute approximate surface area is 107 Å². The molecule has 0 amide bonds. The molecule has 0 N–H and O–H groups in total. The summed E-state index contributed by atoms with van der Waals surface area (Å²) in [7, 11) is 0. The molecule has 0 fully saturated rings. The van der Waals surface area contributed by atoms with E-state index in [2.05, 4.69) is 0 Å². The summed E-state index contributed by atoms with van der Waals surface area (Å²) in [4.78, 5) is 0. The molecule has 2 nitrogen and oxygen atoms in total. The number of hydrogen-bond acceptors (Lipinski definition) is 1. The molecule has 0 unspecified atom stereocenters. The highest BCUT2D eigenvalue weighted by Gasteiger charge is 1.98. The Kier molecular flexibility index (Phi) is 3.92. The van der Waals surface area contributed by atoms with Crippen molar-refractivity contribution in [1.82, 2.24) is 0 Å². The molecule has 0 aliphatic carbocycles. The second kappa shape index (κ2) is 5.82. The Morgan fingerprint density at radius 1 is 1.00 bits per heavy atom. The van der Waals surface area contributed by atoms with Crippen LogP contribution in [0.25, 0.3) is 6.08 Å². The first kappa shape index (κ1) is 12.1. The van der Waals surface area contributed by atoms with Crippen molar-refractivity contribution in [2.24, 2.45) is 0 Å². The Morgan fingerprint density at radius 2 is 1.78 bits per heavy atom. The van der Waals surface area contributed by atoms with Crippen molar-refractivity contribution in [2.75, 3.05) is 0 Å². The molecule has 0 bridgehead atoms. The van der Waals surface area contributed by atoms with Crippen LogP contribution in [0.15, 0.2) is 60.7 Å². The van der Waals surface area contributed by atoms with E-state index in [0.717, 1.165) is 15.9 Å². The molecule has 18 heavy (non-hydrogen) atoms. The number of benzene rings is 2. The molecule has 0 atom stereocenters. The van der Waals surface area contributed by atoms with E-state index < -0.39 is 0 Å². The van der Waals surface area contributed by atoms with Crippen molar-refractivity contribution in [3.63, 3.8) is 0 Å². The summed E-state index contributed by atoms with van der Waals surface area (Å²) in [5, 5.41) is 11.8. The van der Waals surface area contributed by atoms with E-state index in [1.807, 2.05) is 61.5 Å². The third-order valence-corrected chi connectivity index (χ3v) is 2.57. The van der Waals surface area contributed by atoms with Crippen LogP contribution >= 0.6 is 0 Å². The second-order valence-electron chi connectivity index (χ2n) is 4.08. The number of aryl methyl sites for hydroxylation is 1. The molecule has 0 aliphatic rings. The van der Waals surface area contributed by atoms with Gasteiger partial charge in [0.2, 0.25) is 5.69 Å². The number of nitrogens with zero attached hydrogens (tertiary/aromatic N) is 1. The maximum absolute atomic E-state index is 11.8. The van der Waals surface area contributed by atoms with Crippen LogP contribution in [0.1, 0.15) is 11.1 Å². The van der Waals surface area contributed by atoms with Crippen LogP contribution in [0, 0.1) is 12.1 Å². The fraction of sp³-hybridized carbons (Fsp3) is 0.0625. The Balaban J connectivity index is 2.12. The van der Waals surface area contributed by atoms with Crippen LogP contribution in [0.3, 0.4) is 0 Å². The number of rotatable bonds is 3. The quantitative estimate of drug-likeness (QED) is 0.344. The van der Waals surface area contributed by atoms with Crippen molar-refractivity contribution >= 4 is 18.0 Å². The lowest BCUT2D eigenvalue weighted by molar-refractivity contribution is -0.354. The van der Waals surface area contributed by atoms with Crippen molar-refractivity contribution in [3.8, 4) is 0 Å². The van der Waals surface area contributed by atoms with Crippen LogP contribution in [-0.4, -0.2) is 11.0 Å². The summed E-state index contributed by atoms with van der Waals surface area (Å²) in [6, 6.07) is 17.4. The smallest absolute Gasteiger partial charge is 0.216 e. The van der Waals surface area contributed by atoms with E-state index in [4.69, 9.17) is 0 Å². The lowest BCUT2D eigenvalue weighted by atomic mass is 10.2. The lowest BCUT2D eigenvalue weighted by Gasteiger charge is -2.01. The summed E-state index contributed by atoms with van der Waals surface area (Å²) < 4.78 is 0.868. The largest absolute Gasteiger partial charge is 0.618 e. The normalized spacial score (nSPS) is 11.9. The van der Waals surface area contributed by atoms with E-state index in [9.17, 15) is 5.21 Å². The van der Waals surface area contributed by atoms with Crippen molar-refractivity contribution in [1.29, 1.82) is 0 Å². The third kappa shape index (κ3) is 3.32. The molecule has 90 valence electrons. The first-order chi connectivity index (χ1) is 8.75. The fourth-order valence-corrected chi connectivity index (χ4v) is 1.65. The highest BCUT2D eigenvalue weighted by Crippen LogP contribution is 2.12. The SMILES string of the molecule is Cc1cccc(/[N+]([O-])=C/C=C/c2ccccc2)c1. The van der Waals surface area contributed by atoms with Gasteiger partial charge in [-0.05, 0) is 24.1 Å². The van der Waals surface area contributed by atoms with Gasteiger partial charge in [-0.25, -0.2) is 0 Å². The summed E-state index contributed by atoms with van der Waals surface area (Å²) in [6.07, 6.45) is 5.17. The zero-order valence-electron chi connectivity index (χ0n) is 10.3. The third-order valence-electron chi connectivity index (χ3n) is 2.57. The van der Waals surface area contributed by atoms with Crippen LogP contribution in [-0.2, 0) is 0 Å². The van der Waals surface area contributed by atoms with Crippen LogP contribution in [0.5, 0.6) is 0 Å². The molecule has 0 aliphatic heterocycles. The van der Waals surface area contributed by atoms with E-state index in [1.165, 1.54) is 6.21 Å². The zero-order chi connectivity index (χ0) is 12.8. The van der Waals surface area contributed by atoms with Gasteiger partial charge < -0.3 is 5.21 Å². The molecular formula is C16H15NO. The monoisotopic (exact) mass is 237 g/mol. The molecule has 0 heterocycles. The molecule has 2 heteroatoms. The minimum Gasteiger partial charge on any atom is -0.618 e. The van der Waals surface area contributed by atoms with Gasteiger partial charge >= 0.3 is 0 Å². The predicted octanol–water partition coefficient (Wildman–Crippen LogP) is 3.92. The van der Waals surface area contributed by atoms with Crippen LogP contribution < -0.4 is 0 Å². The van der Waals surface area contributed by atoms with Gasteiger partial charge in [0, 0.05) is 18.2 Å². The Bertz CT molecular complexity index is 571. The summed E-state index contributed by atoms with van der Waals surface area (Å²) in [5.41, 5.74) is 2.80. The first-order valence-electron chi connectivity index (χ1n) is 5.85. The van der Waals surface area contributed by atoms with Gasteiger partial charge in [0.15, 0.2) is 6.21 Å². The Morgan fingerprint density at radius 3 is 2.50 bits per heavy atom. The molecule has 2 rings (SSSR count). The van der Waals surface area contributed by atoms with Gasteiger partial charge in [-0.15, -0.1) is 0 Å². The molecular weight excluding hydrogens is 222 g/mol. The minimum absolute atomic E-state index is 0.646. The summed E-state index contributed by atoms with van der Waals surface area (Å²) in [6.45, 7) is 1.97. The average Bonchev–Trinajstić information content (AvgIpc) is 2.40. The van der Waals surface area contributed by atoms with Crippen molar-refractivity contribution < 1.29 is 4.74 Å². The van der Waals surface area contributed by atoms with Crippen molar-refractivity contribution in [3.05, 3.63) is 77.0 Å². The second-order valence-corrected chi connectivity index (χ2v) is 4.08. The molecule has 2 aromatic rings. The van der Waals surface area contributed by atoms with Gasteiger partial charge in [0.25, 0.3) is 0 Å². The number of hydrogen-bond donors (Lipinski definition) is 0. The molecule has 0 saturated carbocycles. The van der Waals surface area contributed by atoms with Crippen LogP contribution in [0.4, 0.5) is 5.69 Å². The van der Waals surface area contributed by atoms with Gasteiger partial charge in [0.1, 0.15) is 0 Å². The lowest BCUT2D eigenvalue weighted by Crippen LogP contribution is -1.95. The van der Waals surface area contributed by atoms with Crippen LogP contribution in [0.2, 0.25) is 0 Å². The van der Waals surface area contributed by atoms with Gasteiger partial charge in [-0.3, -0.25) is 0 Å². The summed E-state index contributed by atoms with van der Waals surface area (Å²) >= 11 is 0. The molecule has 2 aromatic carbocycles. The first-order valence-corrected chi connectivity index (χ1v) is 5.85. The average molecular weight is 237 g/mol. The topological polar surface area (TPSA) is 26.1 Å². The predicted molar refractivity (Wildman–Crippen MR) is 76.0 cm³/mol. The minimum atomic E-state index is 0.646. The van der Waals surface area contributed by atoms with Gasteiger partial charge in [-0.1, -0.05) is 42.5 Å². The molecule has 0 saturated heterocycles. The maximum atomic E-state index is 11.8. The van der Waals surface area contributed by atoms with Gasteiger partial charge in [-0.2, -0.15) is 4.74 Å². The van der Waals surface area contributed by atoms with E-state index in [0.29, 0.717) is 5.69 Å². The molecule has 0 spiro atoms. The van der Waals surface area contributed by atoms with E-state index in [1.54, 1.807) is 12.1 Å². The maximum Gasteiger partial charge on any atom is 0.216 e. The molecule has 0 radical (unpaired) electrons. The highest BCUT2D eigenvalue weighted by molar-refractivity contribution is 5.75. The fourth-order valence-electron chi connectivity index (χ4n) is 1.65. The number of allylic oxidation sites excluding steroid dienone is 1. The van der Waals surface area contributed by atoms with E-state index in [-0.39, 0.29) is 0 Å².